The number of anilines is 2. The van der Waals surface area contributed by atoms with E-state index in [4.69, 9.17) is 15.1 Å². The monoisotopic (exact) mass is 435 g/mol. The lowest BCUT2D eigenvalue weighted by Crippen LogP contribution is -2.25. The van der Waals surface area contributed by atoms with Gasteiger partial charge in [-0.2, -0.15) is 0 Å². The van der Waals surface area contributed by atoms with Crippen molar-refractivity contribution in [1.29, 1.82) is 5.41 Å². The summed E-state index contributed by atoms with van der Waals surface area (Å²) in [6.07, 6.45) is 9.66. The maximum atomic E-state index is 12.7. The molecule has 0 bridgehead atoms. The van der Waals surface area contributed by atoms with Crippen molar-refractivity contribution >= 4 is 23.3 Å². The van der Waals surface area contributed by atoms with Gasteiger partial charge in [0.2, 0.25) is 0 Å². The molecule has 0 unspecified atom stereocenters. The van der Waals surface area contributed by atoms with Crippen LogP contribution in [0.15, 0.2) is 24.4 Å². The average molecular weight is 436 g/mol. The molecule has 4 rings (SSSR count). The molecule has 7 nitrogen and oxygen atoms in total. The van der Waals surface area contributed by atoms with Crippen molar-refractivity contribution in [2.45, 2.75) is 57.9 Å². The number of aromatic nitrogens is 2. The maximum Gasteiger partial charge on any atom is 0.357 e. The van der Waals surface area contributed by atoms with Crippen LogP contribution >= 0.6 is 0 Å². The van der Waals surface area contributed by atoms with E-state index in [2.05, 4.69) is 10.3 Å². The Kier molecular flexibility index (Phi) is 6.72. The Bertz CT molecular complexity index is 977. The van der Waals surface area contributed by atoms with Crippen LogP contribution in [-0.2, 0) is 4.74 Å². The standard InChI is InChI=1S/C25H33N5O2/c1-4-32-25(31)20-14-19(17-12-13-21(27-15-17)30(2)3)22(23(26)16-10-11-16)24(29-20)28-18-8-6-5-7-9-18/h12-16,18,26H,4-11H2,1-3H3,(H,28,29). The Morgan fingerprint density at radius 2 is 1.94 bits per heavy atom. The normalized spacial score (nSPS) is 16.5. The van der Waals surface area contributed by atoms with Gasteiger partial charge in [-0.3, -0.25) is 0 Å². The van der Waals surface area contributed by atoms with Gasteiger partial charge in [-0.25, -0.2) is 14.8 Å². The van der Waals surface area contributed by atoms with Gasteiger partial charge in [-0.15, -0.1) is 0 Å². The number of nitrogens with zero attached hydrogens (tertiary/aromatic N) is 3. The Labute approximate surface area is 190 Å². The third-order valence-electron chi connectivity index (χ3n) is 6.22. The van der Waals surface area contributed by atoms with Crippen LogP contribution < -0.4 is 10.2 Å². The lowest BCUT2D eigenvalue weighted by atomic mass is 9.93. The number of carbonyl (C=O) groups is 1. The first-order valence-corrected chi connectivity index (χ1v) is 11.7. The molecule has 0 aromatic carbocycles. The number of carbonyl (C=O) groups excluding carboxylic acids is 1. The molecule has 2 aromatic heterocycles. The van der Waals surface area contributed by atoms with Gasteiger partial charge in [-0.1, -0.05) is 19.3 Å². The smallest absolute Gasteiger partial charge is 0.357 e. The van der Waals surface area contributed by atoms with Gasteiger partial charge in [-0.05, 0) is 56.4 Å². The first-order valence-electron chi connectivity index (χ1n) is 11.7. The fourth-order valence-corrected chi connectivity index (χ4v) is 4.29. The molecule has 0 aliphatic heterocycles. The van der Waals surface area contributed by atoms with E-state index in [1.54, 1.807) is 13.0 Å². The van der Waals surface area contributed by atoms with Gasteiger partial charge in [0.05, 0.1) is 6.61 Å². The molecule has 0 spiro atoms. The van der Waals surface area contributed by atoms with Crippen LogP contribution in [0, 0.1) is 11.3 Å². The van der Waals surface area contributed by atoms with E-state index in [0.29, 0.717) is 24.2 Å². The maximum absolute atomic E-state index is 12.7. The highest BCUT2D eigenvalue weighted by Gasteiger charge is 2.32. The fourth-order valence-electron chi connectivity index (χ4n) is 4.29. The van der Waals surface area contributed by atoms with Crippen molar-refractivity contribution in [1.82, 2.24) is 9.97 Å². The zero-order valence-corrected chi connectivity index (χ0v) is 19.3. The SMILES string of the molecule is CCOC(=O)c1cc(-c2ccc(N(C)C)nc2)c(C(=N)C2CC2)c(NC2CCCCC2)n1. The lowest BCUT2D eigenvalue weighted by Gasteiger charge is -2.26. The van der Waals surface area contributed by atoms with Crippen LogP contribution in [0.5, 0.6) is 0 Å². The Hall–Kier alpha value is -2.96. The zero-order chi connectivity index (χ0) is 22.7. The number of rotatable bonds is 8. The van der Waals surface area contributed by atoms with E-state index in [1.807, 2.05) is 37.3 Å². The summed E-state index contributed by atoms with van der Waals surface area (Å²) in [4.78, 5) is 23.9. The topological polar surface area (TPSA) is 91.2 Å². The van der Waals surface area contributed by atoms with E-state index in [1.165, 1.54) is 19.3 Å². The molecule has 32 heavy (non-hydrogen) atoms. The number of nitrogens with one attached hydrogen (secondary N) is 2. The van der Waals surface area contributed by atoms with Crippen molar-refractivity contribution < 1.29 is 9.53 Å². The Balaban J connectivity index is 1.83. The summed E-state index contributed by atoms with van der Waals surface area (Å²) in [7, 11) is 3.90. The number of esters is 1. The molecule has 2 N–H and O–H groups in total. The van der Waals surface area contributed by atoms with Gasteiger partial charge in [0.1, 0.15) is 11.6 Å². The van der Waals surface area contributed by atoms with Gasteiger partial charge in [0.15, 0.2) is 5.69 Å². The highest BCUT2D eigenvalue weighted by molar-refractivity contribution is 6.11. The Morgan fingerprint density at radius 3 is 2.53 bits per heavy atom. The van der Waals surface area contributed by atoms with Crippen LogP contribution in [0.2, 0.25) is 0 Å². The molecule has 2 heterocycles. The molecule has 0 saturated heterocycles. The summed E-state index contributed by atoms with van der Waals surface area (Å²) < 4.78 is 5.27. The van der Waals surface area contributed by atoms with E-state index in [0.717, 1.165) is 48.2 Å². The van der Waals surface area contributed by atoms with Crippen LogP contribution in [-0.4, -0.2) is 48.4 Å². The summed E-state index contributed by atoms with van der Waals surface area (Å²) in [5.74, 6) is 1.30. The second kappa shape index (κ2) is 9.67. The molecular formula is C25H33N5O2. The quantitative estimate of drug-likeness (QED) is 0.452. The second-order valence-corrected chi connectivity index (χ2v) is 8.97. The molecule has 2 saturated carbocycles. The summed E-state index contributed by atoms with van der Waals surface area (Å²) >= 11 is 0. The number of ether oxygens (including phenoxy) is 1. The van der Waals surface area contributed by atoms with Gasteiger partial charge < -0.3 is 20.4 Å². The molecule has 7 heteroatoms. The fraction of sp³-hybridized carbons (Fsp3) is 0.520. The summed E-state index contributed by atoms with van der Waals surface area (Å²) in [6.45, 7) is 2.08. The van der Waals surface area contributed by atoms with Crippen molar-refractivity contribution in [3.63, 3.8) is 0 Å². The van der Waals surface area contributed by atoms with Crippen molar-refractivity contribution in [3.8, 4) is 11.1 Å². The average Bonchev–Trinajstić information content (AvgIpc) is 3.65. The molecule has 2 fully saturated rings. The first kappa shape index (κ1) is 22.2. The van der Waals surface area contributed by atoms with Crippen LogP contribution in [0.4, 0.5) is 11.6 Å². The molecule has 2 aliphatic carbocycles. The highest BCUT2D eigenvalue weighted by atomic mass is 16.5. The van der Waals surface area contributed by atoms with Crippen molar-refractivity contribution in [2.24, 2.45) is 5.92 Å². The molecule has 0 atom stereocenters. The summed E-state index contributed by atoms with van der Waals surface area (Å²) in [6, 6.07) is 6.03. The molecule has 0 amide bonds. The highest BCUT2D eigenvalue weighted by Crippen LogP contribution is 2.39. The van der Waals surface area contributed by atoms with Gasteiger partial charge in [0.25, 0.3) is 0 Å². The molecule has 2 aromatic rings. The number of hydrogen-bond donors (Lipinski definition) is 2. The van der Waals surface area contributed by atoms with Gasteiger partial charge in [0, 0.05) is 49.1 Å². The van der Waals surface area contributed by atoms with E-state index < -0.39 is 5.97 Å². The Morgan fingerprint density at radius 1 is 1.19 bits per heavy atom. The summed E-state index contributed by atoms with van der Waals surface area (Å²) in [5, 5.41) is 12.5. The second-order valence-electron chi connectivity index (χ2n) is 8.97. The van der Waals surface area contributed by atoms with E-state index >= 15 is 0 Å². The molecule has 2 aliphatic rings. The zero-order valence-electron chi connectivity index (χ0n) is 19.3. The molecular weight excluding hydrogens is 402 g/mol. The minimum absolute atomic E-state index is 0.255. The predicted molar refractivity (Wildman–Crippen MR) is 128 cm³/mol. The lowest BCUT2D eigenvalue weighted by molar-refractivity contribution is 0.0519. The number of pyridine rings is 2. The predicted octanol–water partition coefficient (Wildman–Crippen LogP) is 4.91. The molecule has 0 radical (unpaired) electrons. The minimum Gasteiger partial charge on any atom is -0.461 e. The largest absolute Gasteiger partial charge is 0.461 e. The first-order chi connectivity index (χ1) is 15.5. The summed E-state index contributed by atoms with van der Waals surface area (Å²) in [5.41, 5.74) is 3.35. The van der Waals surface area contributed by atoms with Crippen LogP contribution in [0.25, 0.3) is 11.1 Å². The third-order valence-corrected chi connectivity index (χ3v) is 6.22. The van der Waals surface area contributed by atoms with E-state index in [-0.39, 0.29) is 11.6 Å². The molecule has 170 valence electrons. The number of hydrogen-bond acceptors (Lipinski definition) is 7. The van der Waals surface area contributed by atoms with E-state index in [9.17, 15) is 4.79 Å². The van der Waals surface area contributed by atoms with Crippen molar-refractivity contribution in [3.05, 3.63) is 35.7 Å². The van der Waals surface area contributed by atoms with Gasteiger partial charge >= 0.3 is 5.97 Å². The van der Waals surface area contributed by atoms with Crippen molar-refractivity contribution in [2.75, 3.05) is 30.9 Å². The third kappa shape index (κ3) is 4.92. The van der Waals surface area contributed by atoms with Crippen LogP contribution in [0.1, 0.15) is 67.9 Å². The minimum atomic E-state index is -0.442. The van der Waals surface area contributed by atoms with Crippen LogP contribution in [0.3, 0.4) is 0 Å².